The minimum Gasteiger partial charge on any atom is -0.345 e. The van der Waals surface area contributed by atoms with Crippen molar-refractivity contribution in [1.82, 2.24) is 10.2 Å². The van der Waals surface area contributed by atoms with Gasteiger partial charge < -0.3 is 10.2 Å². The molecule has 0 aliphatic carbocycles. The quantitative estimate of drug-likeness (QED) is 0.818. The molecule has 0 fully saturated rings. The second-order valence-electron chi connectivity index (χ2n) is 4.16. The minimum atomic E-state index is 0.141. The molecule has 1 amide bonds. The zero-order valence-electron chi connectivity index (χ0n) is 10.9. The van der Waals surface area contributed by atoms with E-state index in [4.69, 9.17) is 0 Å². The van der Waals surface area contributed by atoms with Gasteiger partial charge in [0.15, 0.2) is 0 Å². The van der Waals surface area contributed by atoms with Crippen LogP contribution >= 0.6 is 0 Å². The predicted octanol–water partition coefficient (Wildman–Crippen LogP) is 2.21. The Morgan fingerprint density at radius 2 is 1.94 bits per heavy atom. The zero-order chi connectivity index (χ0) is 12.7. The summed E-state index contributed by atoms with van der Waals surface area (Å²) < 4.78 is 0. The van der Waals surface area contributed by atoms with E-state index < -0.39 is 0 Å². The Hall–Kier alpha value is -1.35. The van der Waals surface area contributed by atoms with Crippen LogP contribution in [0.3, 0.4) is 0 Å². The number of carbonyl (C=O) groups excluding carboxylic acids is 1. The first-order valence-electron chi connectivity index (χ1n) is 6.21. The van der Waals surface area contributed by atoms with Gasteiger partial charge in [-0.3, -0.25) is 4.79 Å². The fraction of sp³-hybridized carbons (Fsp3) is 0.500. The van der Waals surface area contributed by atoms with E-state index in [1.807, 2.05) is 32.2 Å². The van der Waals surface area contributed by atoms with E-state index in [0.29, 0.717) is 6.54 Å². The largest absolute Gasteiger partial charge is 0.345 e. The van der Waals surface area contributed by atoms with Crippen molar-refractivity contribution in [3.8, 4) is 0 Å². The molecule has 1 aromatic rings. The van der Waals surface area contributed by atoms with E-state index in [9.17, 15) is 4.79 Å². The molecule has 1 atom stereocenters. The summed E-state index contributed by atoms with van der Waals surface area (Å²) in [6, 6.07) is 10.5. The number of rotatable bonds is 6. The fourth-order valence-corrected chi connectivity index (χ4v) is 1.71. The molecule has 0 saturated heterocycles. The maximum atomic E-state index is 11.7. The number of nitrogens with one attached hydrogen (secondary N) is 1. The standard InChI is InChI=1S/C14H22N2O/c1-4-13(12-9-7-6-8-10-12)15-11-14(17)16(3)5-2/h6-10,13,15H,4-5,11H2,1-3H3. The molecule has 1 rings (SSSR count). The summed E-state index contributed by atoms with van der Waals surface area (Å²) >= 11 is 0. The van der Waals surface area contributed by atoms with Crippen molar-refractivity contribution in [2.45, 2.75) is 26.3 Å². The van der Waals surface area contributed by atoms with Crippen LogP contribution in [0.2, 0.25) is 0 Å². The lowest BCUT2D eigenvalue weighted by Crippen LogP contribution is -2.36. The molecule has 1 unspecified atom stereocenters. The van der Waals surface area contributed by atoms with Crippen molar-refractivity contribution >= 4 is 5.91 Å². The van der Waals surface area contributed by atoms with Gasteiger partial charge in [-0.1, -0.05) is 37.3 Å². The first-order valence-corrected chi connectivity index (χ1v) is 6.21. The van der Waals surface area contributed by atoms with E-state index in [2.05, 4.69) is 24.4 Å². The second kappa shape index (κ2) is 7.07. The molecule has 0 aliphatic heterocycles. The highest BCUT2D eigenvalue weighted by molar-refractivity contribution is 5.77. The Balaban J connectivity index is 2.51. The van der Waals surface area contributed by atoms with Gasteiger partial charge >= 0.3 is 0 Å². The molecule has 3 heteroatoms. The maximum Gasteiger partial charge on any atom is 0.236 e. The van der Waals surface area contributed by atoms with Crippen LogP contribution in [-0.2, 0) is 4.79 Å². The van der Waals surface area contributed by atoms with E-state index in [1.165, 1.54) is 5.56 Å². The van der Waals surface area contributed by atoms with Gasteiger partial charge in [-0.2, -0.15) is 0 Å². The average Bonchev–Trinajstić information content (AvgIpc) is 2.39. The third-order valence-electron chi connectivity index (χ3n) is 3.01. The van der Waals surface area contributed by atoms with Gasteiger partial charge in [0, 0.05) is 19.6 Å². The SMILES string of the molecule is CCC(NCC(=O)N(C)CC)c1ccccc1. The molecular formula is C14H22N2O. The molecule has 3 nitrogen and oxygen atoms in total. The molecule has 0 radical (unpaired) electrons. The highest BCUT2D eigenvalue weighted by atomic mass is 16.2. The predicted molar refractivity (Wildman–Crippen MR) is 70.8 cm³/mol. The van der Waals surface area contributed by atoms with Crippen LogP contribution in [0, 0.1) is 0 Å². The number of amides is 1. The molecule has 0 spiro atoms. The van der Waals surface area contributed by atoms with Crippen molar-refractivity contribution in [2.75, 3.05) is 20.1 Å². The molecule has 0 bridgehead atoms. The molecule has 17 heavy (non-hydrogen) atoms. The molecule has 0 aliphatic rings. The Bertz CT molecular complexity index is 337. The van der Waals surface area contributed by atoms with Crippen molar-refractivity contribution in [1.29, 1.82) is 0 Å². The van der Waals surface area contributed by atoms with Crippen LogP contribution in [0.1, 0.15) is 31.9 Å². The number of benzene rings is 1. The van der Waals surface area contributed by atoms with Crippen molar-refractivity contribution < 1.29 is 4.79 Å². The van der Waals surface area contributed by atoms with Gasteiger partial charge in [0.1, 0.15) is 0 Å². The summed E-state index contributed by atoms with van der Waals surface area (Å²) in [5, 5.41) is 3.31. The minimum absolute atomic E-state index is 0.141. The van der Waals surface area contributed by atoms with E-state index >= 15 is 0 Å². The highest BCUT2D eigenvalue weighted by Gasteiger charge is 2.11. The lowest BCUT2D eigenvalue weighted by atomic mass is 10.0. The number of nitrogens with zero attached hydrogens (tertiary/aromatic N) is 1. The summed E-state index contributed by atoms with van der Waals surface area (Å²) in [5.74, 6) is 0.141. The molecule has 0 heterocycles. The second-order valence-corrected chi connectivity index (χ2v) is 4.16. The number of hydrogen-bond acceptors (Lipinski definition) is 2. The lowest BCUT2D eigenvalue weighted by Gasteiger charge is -2.20. The first-order chi connectivity index (χ1) is 8.19. The third kappa shape index (κ3) is 4.19. The van der Waals surface area contributed by atoms with Gasteiger partial charge in [-0.15, -0.1) is 0 Å². The van der Waals surface area contributed by atoms with Gasteiger partial charge in [0.2, 0.25) is 5.91 Å². The fourth-order valence-electron chi connectivity index (χ4n) is 1.71. The lowest BCUT2D eigenvalue weighted by molar-refractivity contribution is -0.128. The van der Waals surface area contributed by atoms with Gasteiger partial charge in [0.05, 0.1) is 6.54 Å². The number of likely N-dealkylation sites (N-methyl/N-ethyl adjacent to an activating group) is 1. The average molecular weight is 234 g/mol. The van der Waals surface area contributed by atoms with Crippen LogP contribution in [0.25, 0.3) is 0 Å². The van der Waals surface area contributed by atoms with Crippen molar-refractivity contribution in [3.63, 3.8) is 0 Å². The van der Waals surface area contributed by atoms with Gasteiger partial charge in [-0.25, -0.2) is 0 Å². The Morgan fingerprint density at radius 3 is 2.47 bits per heavy atom. The summed E-state index contributed by atoms with van der Waals surface area (Å²) in [7, 11) is 1.83. The number of hydrogen-bond donors (Lipinski definition) is 1. The van der Waals surface area contributed by atoms with Crippen LogP contribution < -0.4 is 5.32 Å². The summed E-state index contributed by atoms with van der Waals surface area (Å²) in [5.41, 5.74) is 1.24. The summed E-state index contributed by atoms with van der Waals surface area (Å²) in [4.78, 5) is 13.4. The topological polar surface area (TPSA) is 32.3 Å². The third-order valence-corrected chi connectivity index (χ3v) is 3.01. The Labute approximate surface area is 104 Å². The van der Waals surface area contributed by atoms with Gasteiger partial charge in [0.25, 0.3) is 0 Å². The van der Waals surface area contributed by atoms with Gasteiger partial charge in [-0.05, 0) is 18.9 Å². The Kier molecular flexibility index (Phi) is 5.70. The van der Waals surface area contributed by atoms with Crippen LogP contribution in [0.4, 0.5) is 0 Å². The summed E-state index contributed by atoms with van der Waals surface area (Å²) in [6.07, 6.45) is 0.979. The van der Waals surface area contributed by atoms with Crippen molar-refractivity contribution in [3.05, 3.63) is 35.9 Å². The Morgan fingerprint density at radius 1 is 1.29 bits per heavy atom. The van der Waals surface area contributed by atoms with Crippen LogP contribution in [-0.4, -0.2) is 30.9 Å². The first kappa shape index (κ1) is 13.7. The zero-order valence-corrected chi connectivity index (χ0v) is 10.9. The smallest absolute Gasteiger partial charge is 0.236 e. The molecule has 0 aromatic heterocycles. The van der Waals surface area contributed by atoms with E-state index in [1.54, 1.807) is 4.90 Å². The highest BCUT2D eigenvalue weighted by Crippen LogP contribution is 2.15. The van der Waals surface area contributed by atoms with Crippen molar-refractivity contribution in [2.24, 2.45) is 0 Å². The molecule has 94 valence electrons. The maximum absolute atomic E-state index is 11.7. The van der Waals surface area contributed by atoms with E-state index in [-0.39, 0.29) is 11.9 Å². The monoisotopic (exact) mass is 234 g/mol. The van der Waals surface area contributed by atoms with Crippen LogP contribution in [0.15, 0.2) is 30.3 Å². The van der Waals surface area contributed by atoms with E-state index in [0.717, 1.165) is 13.0 Å². The molecule has 1 aromatic carbocycles. The summed E-state index contributed by atoms with van der Waals surface area (Å²) in [6.45, 7) is 5.26. The normalized spacial score (nSPS) is 12.2. The molecule has 0 saturated carbocycles. The van der Waals surface area contributed by atoms with Crippen LogP contribution in [0.5, 0.6) is 0 Å². The number of carbonyl (C=O) groups is 1. The molecular weight excluding hydrogens is 212 g/mol. The molecule has 1 N–H and O–H groups in total.